The highest BCUT2D eigenvalue weighted by atomic mass is 16.5. The van der Waals surface area contributed by atoms with Crippen molar-refractivity contribution in [2.45, 2.75) is 6.92 Å². The van der Waals surface area contributed by atoms with Gasteiger partial charge in [-0.3, -0.25) is 0 Å². The van der Waals surface area contributed by atoms with E-state index in [0.29, 0.717) is 5.82 Å². The lowest BCUT2D eigenvalue weighted by Gasteiger charge is -2.08. The molecule has 0 amide bonds. The van der Waals surface area contributed by atoms with Crippen LogP contribution in [0.25, 0.3) is 11.3 Å². The number of rotatable bonds is 3. The Kier molecular flexibility index (Phi) is 3.32. The van der Waals surface area contributed by atoms with Crippen molar-refractivity contribution in [3.05, 3.63) is 29.8 Å². The third-order valence-electron chi connectivity index (χ3n) is 2.69. The summed E-state index contributed by atoms with van der Waals surface area (Å²) < 4.78 is 5.23. The maximum atomic E-state index is 5.68. The van der Waals surface area contributed by atoms with E-state index in [2.05, 4.69) is 15.3 Å². The molecule has 5 heteroatoms. The average Bonchev–Trinajstić information content (AvgIpc) is 2.37. The molecule has 2 rings (SSSR count). The summed E-state index contributed by atoms with van der Waals surface area (Å²) >= 11 is 0. The van der Waals surface area contributed by atoms with Crippen LogP contribution in [0.1, 0.15) is 5.56 Å². The van der Waals surface area contributed by atoms with Crippen LogP contribution in [0, 0.1) is 6.92 Å². The zero-order valence-electron chi connectivity index (χ0n) is 10.7. The van der Waals surface area contributed by atoms with Crippen LogP contribution in [-0.2, 0) is 0 Å². The van der Waals surface area contributed by atoms with Crippen molar-refractivity contribution in [1.29, 1.82) is 0 Å². The Labute approximate surface area is 106 Å². The van der Waals surface area contributed by atoms with Crippen LogP contribution >= 0.6 is 0 Å². The highest BCUT2D eigenvalue weighted by Crippen LogP contribution is 2.26. The number of nitrogens with zero attached hydrogens (tertiary/aromatic N) is 2. The Bertz CT molecular complexity index is 569. The summed E-state index contributed by atoms with van der Waals surface area (Å²) in [5, 5.41) is 2.96. The first-order valence-electron chi connectivity index (χ1n) is 5.61. The van der Waals surface area contributed by atoms with Crippen LogP contribution in [0.3, 0.4) is 0 Å². The van der Waals surface area contributed by atoms with Crippen molar-refractivity contribution < 1.29 is 4.74 Å². The predicted octanol–water partition coefficient (Wildman–Crippen LogP) is 2.08. The summed E-state index contributed by atoms with van der Waals surface area (Å²) in [5.74, 6) is 1.81. The molecule has 2 aromatic rings. The lowest BCUT2D eigenvalue weighted by molar-refractivity contribution is 0.412. The Morgan fingerprint density at radius 2 is 2.00 bits per heavy atom. The number of methoxy groups -OCH3 is 1. The van der Waals surface area contributed by atoms with Crippen LogP contribution in [-0.4, -0.2) is 24.1 Å². The molecule has 0 fully saturated rings. The Morgan fingerprint density at radius 3 is 2.61 bits per heavy atom. The smallest absolute Gasteiger partial charge is 0.222 e. The van der Waals surface area contributed by atoms with Crippen LogP contribution in [0.15, 0.2) is 24.3 Å². The molecule has 1 heterocycles. The first-order valence-corrected chi connectivity index (χ1v) is 5.61. The largest absolute Gasteiger partial charge is 0.496 e. The van der Waals surface area contributed by atoms with E-state index in [9.17, 15) is 0 Å². The molecule has 0 saturated carbocycles. The summed E-state index contributed by atoms with van der Waals surface area (Å²) in [6.07, 6.45) is 0. The van der Waals surface area contributed by atoms with Gasteiger partial charge >= 0.3 is 0 Å². The number of aryl methyl sites for hydroxylation is 1. The van der Waals surface area contributed by atoms with Gasteiger partial charge in [0.05, 0.1) is 12.8 Å². The average molecular weight is 244 g/mol. The van der Waals surface area contributed by atoms with E-state index in [-0.39, 0.29) is 5.95 Å². The highest BCUT2D eigenvalue weighted by molar-refractivity contribution is 5.65. The van der Waals surface area contributed by atoms with Gasteiger partial charge in [-0.25, -0.2) is 4.98 Å². The Balaban J connectivity index is 2.48. The molecule has 5 nitrogen and oxygen atoms in total. The minimum Gasteiger partial charge on any atom is -0.496 e. The van der Waals surface area contributed by atoms with Gasteiger partial charge in [0.1, 0.15) is 11.6 Å². The molecule has 0 spiro atoms. The van der Waals surface area contributed by atoms with Gasteiger partial charge in [-0.15, -0.1) is 0 Å². The van der Waals surface area contributed by atoms with Gasteiger partial charge in [0.25, 0.3) is 0 Å². The SMILES string of the molecule is CNc1cc(-c2ccc(OC)c(C)c2)nc(N)n1. The zero-order valence-corrected chi connectivity index (χ0v) is 10.7. The molecule has 18 heavy (non-hydrogen) atoms. The number of nitrogens with two attached hydrogens (primary N) is 1. The van der Waals surface area contributed by atoms with E-state index in [1.165, 1.54) is 0 Å². The Hall–Kier alpha value is -2.30. The molecule has 94 valence electrons. The van der Waals surface area contributed by atoms with Crippen molar-refractivity contribution >= 4 is 11.8 Å². The fourth-order valence-corrected chi connectivity index (χ4v) is 1.78. The van der Waals surface area contributed by atoms with Crippen molar-refractivity contribution in [1.82, 2.24) is 9.97 Å². The molecule has 0 aliphatic rings. The van der Waals surface area contributed by atoms with Crippen LogP contribution in [0.4, 0.5) is 11.8 Å². The van der Waals surface area contributed by atoms with E-state index in [0.717, 1.165) is 22.6 Å². The minimum absolute atomic E-state index is 0.255. The summed E-state index contributed by atoms with van der Waals surface area (Å²) in [6.45, 7) is 1.99. The number of hydrogen-bond donors (Lipinski definition) is 2. The van der Waals surface area contributed by atoms with Crippen LogP contribution in [0.2, 0.25) is 0 Å². The molecule has 0 aliphatic heterocycles. The van der Waals surface area contributed by atoms with Gasteiger partial charge in [-0.2, -0.15) is 4.98 Å². The molecule has 3 N–H and O–H groups in total. The van der Waals surface area contributed by atoms with E-state index >= 15 is 0 Å². The quantitative estimate of drug-likeness (QED) is 0.864. The number of nitrogens with one attached hydrogen (secondary N) is 1. The topological polar surface area (TPSA) is 73.1 Å². The summed E-state index contributed by atoms with van der Waals surface area (Å²) in [5.41, 5.74) is 8.51. The molecule has 0 aliphatic carbocycles. The fourth-order valence-electron chi connectivity index (χ4n) is 1.78. The van der Waals surface area contributed by atoms with Gasteiger partial charge in [-0.05, 0) is 30.7 Å². The number of ether oxygens (including phenoxy) is 1. The lowest BCUT2D eigenvalue weighted by atomic mass is 10.1. The van der Waals surface area contributed by atoms with E-state index in [1.807, 2.05) is 31.2 Å². The second-order valence-electron chi connectivity index (χ2n) is 3.93. The number of anilines is 2. The van der Waals surface area contributed by atoms with E-state index in [1.54, 1.807) is 14.2 Å². The van der Waals surface area contributed by atoms with Gasteiger partial charge in [0.15, 0.2) is 0 Å². The number of aromatic nitrogens is 2. The third kappa shape index (κ3) is 2.34. The van der Waals surface area contributed by atoms with Crippen LogP contribution in [0.5, 0.6) is 5.75 Å². The van der Waals surface area contributed by atoms with Crippen molar-refractivity contribution in [3.63, 3.8) is 0 Å². The molecule has 0 bridgehead atoms. The van der Waals surface area contributed by atoms with Gasteiger partial charge < -0.3 is 15.8 Å². The molecular weight excluding hydrogens is 228 g/mol. The zero-order chi connectivity index (χ0) is 13.1. The van der Waals surface area contributed by atoms with Gasteiger partial charge in [-0.1, -0.05) is 0 Å². The summed E-state index contributed by atoms with van der Waals surface area (Å²) in [7, 11) is 3.45. The van der Waals surface area contributed by atoms with E-state index < -0.39 is 0 Å². The Morgan fingerprint density at radius 1 is 1.22 bits per heavy atom. The summed E-state index contributed by atoms with van der Waals surface area (Å²) in [4.78, 5) is 8.30. The normalized spacial score (nSPS) is 10.2. The summed E-state index contributed by atoms with van der Waals surface area (Å²) in [6, 6.07) is 7.74. The molecule has 1 aromatic carbocycles. The van der Waals surface area contributed by atoms with Crippen molar-refractivity contribution in [2.24, 2.45) is 0 Å². The maximum Gasteiger partial charge on any atom is 0.222 e. The molecule has 0 unspecified atom stereocenters. The molecule has 0 atom stereocenters. The van der Waals surface area contributed by atoms with E-state index in [4.69, 9.17) is 10.5 Å². The minimum atomic E-state index is 0.255. The first-order chi connectivity index (χ1) is 8.63. The number of benzene rings is 1. The molecule has 0 radical (unpaired) electrons. The predicted molar refractivity (Wildman–Crippen MR) is 72.7 cm³/mol. The van der Waals surface area contributed by atoms with Gasteiger partial charge in [0, 0.05) is 18.7 Å². The second kappa shape index (κ2) is 4.91. The van der Waals surface area contributed by atoms with Crippen molar-refractivity contribution in [3.8, 4) is 17.0 Å². The molecule has 1 aromatic heterocycles. The highest BCUT2D eigenvalue weighted by Gasteiger charge is 2.06. The number of hydrogen-bond acceptors (Lipinski definition) is 5. The van der Waals surface area contributed by atoms with Gasteiger partial charge in [0.2, 0.25) is 5.95 Å². The first kappa shape index (κ1) is 12.2. The lowest BCUT2D eigenvalue weighted by Crippen LogP contribution is -2.01. The second-order valence-corrected chi connectivity index (χ2v) is 3.93. The standard InChI is InChI=1S/C13H16N4O/c1-8-6-9(4-5-11(8)18-3)10-7-12(15-2)17-13(14)16-10/h4-7H,1-3H3,(H3,14,15,16,17). The monoisotopic (exact) mass is 244 g/mol. The van der Waals surface area contributed by atoms with Crippen LogP contribution < -0.4 is 15.8 Å². The maximum absolute atomic E-state index is 5.68. The third-order valence-corrected chi connectivity index (χ3v) is 2.69. The number of nitrogen functional groups attached to an aromatic ring is 1. The fraction of sp³-hybridized carbons (Fsp3) is 0.231. The molecular formula is C13H16N4O. The van der Waals surface area contributed by atoms with Crippen molar-refractivity contribution in [2.75, 3.05) is 25.2 Å². The molecule has 0 saturated heterocycles.